The minimum absolute atomic E-state index is 0.0791. The fourth-order valence-electron chi connectivity index (χ4n) is 2.54. The largest absolute Gasteiger partial charge is 0.481 e. The zero-order valence-electron chi connectivity index (χ0n) is 17.4. The van der Waals surface area contributed by atoms with Gasteiger partial charge >= 0.3 is 12.1 Å². The predicted molar refractivity (Wildman–Crippen MR) is 105 cm³/mol. The van der Waals surface area contributed by atoms with Gasteiger partial charge in [-0.3, -0.25) is 4.79 Å². The van der Waals surface area contributed by atoms with Gasteiger partial charge in [0.1, 0.15) is 5.60 Å². The molecule has 0 saturated heterocycles. The Morgan fingerprint density at radius 1 is 1.23 bits per heavy atom. The molecule has 0 saturated carbocycles. The lowest BCUT2D eigenvalue weighted by Gasteiger charge is -2.37. The Kier molecular flexibility index (Phi) is 6.74. The van der Waals surface area contributed by atoms with Gasteiger partial charge in [-0.05, 0) is 51.7 Å². The third-order valence-corrected chi connectivity index (χ3v) is 9.72. The fraction of sp³-hybridized carbons (Fsp3) is 0.789. The van der Waals surface area contributed by atoms with Gasteiger partial charge in [0.05, 0.1) is 11.5 Å². The van der Waals surface area contributed by atoms with Crippen LogP contribution in [0.25, 0.3) is 0 Å². The maximum atomic E-state index is 11.9. The van der Waals surface area contributed by atoms with Gasteiger partial charge in [-0.1, -0.05) is 32.9 Å². The van der Waals surface area contributed by atoms with Crippen molar-refractivity contribution in [2.75, 3.05) is 6.61 Å². The van der Waals surface area contributed by atoms with Gasteiger partial charge in [0.15, 0.2) is 8.32 Å². The van der Waals surface area contributed by atoms with Crippen molar-refractivity contribution in [2.24, 2.45) is 5.41 Å². The number of carboxylic acids is 1. The zero-order valence-corrected chi connectivity index (χ0v) is 18.4. The minimum atomic E-state index is -1.92. The fourth-order valence-corrected chi connectivity index (χ4v) is 3.59. The molecular weight excluding hydrogens is 350 g/mol. The molecule has 0 aliphatic heterocycles. The van der Waals surface area contributed by atoms with Gasteiger partial charge in [0.25, 0.3) is 0 Å². The summed E-state index contributed by atoms with van der Waals surface area (Å²) in [6.45, 7) is 16.5. The number of rotatable bonds is 6. The maximum Gasteiger partial charge on any atom is 0.408 e. The first kappa shape index (κ1) is 22.7. The molecular formula is C19H35NO5Si. The van der Waals surface area contributed by atoms with E-state index in [0.717, 1.165) is 0 Å². The van der Waals surface area contributed by atoms with Crippen LogP contribution in [0.2, 0.25) is 18.1 Å². The van der Waals surface area contributed by atoms with E-state index in [-0.39, 0.29) is 11.1 Å². The first-order chi connectivity index (χ1) is 11.6. The summed E-state index contributed by atoms with van der Waals surface area (Å²) in [5, 5.41) is 12.6. The molecule has 2 N–H and O–H groups in total. The van der Waals surface area contributed by atoms with Gasteiger partial charge < -0.3 is 19.6 Å². The number of amides is 1. The molecule has 26 heavy (non-hydrogen) atoms. The van der Waals surface area contributed by atoms with Crippen LogP contribution in [0, 0.1) is 5.41 Å². The van der Waals surface area contributed by atoms with Gasteiger partial charge in [-0.25, -0.2) is 4.79 Å². The molecule has 7 heteroatoms. The molecule has 1 rings (SSSR count). The van der Waals surface area contributed by atoms with Crippen LogP contribution in [0.15, 0.2) is 12.2 Å². The monoisotopic (exact) mass is 385 g/mol. The summed E-state index contributed by atoms with van der Waals surface area (Å²) < 4.78 is 11.4. The van der Waals surface area contributed by atoms with Crippen LogP contribution >= 0.6 is 0 Å². The number of carbonyl (C=O) groups excluding carboxylic acids is 1. The molecule has 0 aromatic carbocycles. The second-order valence-electron chi connectivity index (χ2n) is 9.64. The summed E-state index contributed by atoms with van der Waals surface area (Å²) in [6, 6.07) is -0.353. The Morgan fingerprint density at radius 2 is 1.81 bits per heavy atom. The second kappa shape index (κ2) is 7.72. The molecule has 1 aliphatic carbocycles. The van der Waals surface area contributed by atoms with Gasteiger partial charge in [-0.2, -0.15) is 0 Å². The average Bonchev–Trinajstić information content (AvgIpc) is 2.79. The molecule has 0 fully saturated rings. The number of hydrogen-bond acceptors (Lipinski definition) is 4. The van der Waals surface area contributed by atoms with Gasteiger partial charge in [0.2, 0.25) is 0 Å². The summed E-state index contributed by atoms with van der Waals surface area (Å²) in [6.07, 6.45) is 3.59. The maximum absolute atomic E-state index is 11.9. The number of carbonyl (C=O) groups is 2. The molecule has 0 unspecified atom stereocenters. The highest BCUT2D eigenvalue weighted by molar-refractivity contribution is 6.74. The molecule has 0 aromatic rings. The third kappa shape index (κ3) is 6.12. The molecule has 1 aliphatic rings. The van der Waals surface area contributed by atoms with E-state index in [1.165, 1.54) is 0 Å². The quantitative estimate of drug-likeness (QED) is 0.525. The van der Waals surface area contributed by atoms with Crippen molar-refractivity contribution < 1.29 is 23.9 Å². The summed E-state index contributed by atoms with van der Waals surface area (Å²) in [4.78, 5) is 23.8. The van der Waals surface area contributed by atoms with Crippen LogP contribution in [-0.2, 0) is 14.0 Å². The first-order valence-electron chi connectivity index (χ1n) is 9.14. The molecule has 0 heterocycles. The van der Waals surface area contributed by atoms with Crippen LogP contribution in [0.3, 0.4) is 0 Å². The van der Waals surface area contributed by atoms with Crippen molar-refractivity contribution in [3.63, 3.8) is 0 Å². The van der Waals surface area contributed by atoms with E-state index >= 15 is 0 Å². The van der Waals surface area contributed by atoms with Crippen molar-refractivity contribution in [3.05, 3.63) is 12.2 Å². The number of nitrogens with one attached hydrogen (secondary N) is 1. The summed E-state index contributed by atoms with van der Waals surface area (Å²) >= 11 is 0. The second-order valence-corrected chi connectivity index (χ2v) is 14.4. The smallest absolute Gasteiger partial charge is 0.408 e. The number of hydrogen-bond donors (Lipinski definition) is 2. The number of carboxylic acid groups (broad SMARTS) is 1. The topological polar surface area (TPSA) is 84.9 Å². The lowest BCUT2D eigenvalue weighted by atomic mass is 9.84. The minimum Gasteiger partial charge on any atom is -0.481 e. The summed E-state index contributed by atoms with van der Waals surface area (Å²) in [7, 11) is -1.92. The van der Waals surface area contributed by atoms with E-state index in [4.69, 9.17) is 9.16 Å². The predicted octanol–water partition coefficient (Wildman–Crippen LogP) is 4.32. The normalized spacial score (nSPS) is 23.8. The van der Waals surface area contributed by atoms with Crippen molar-refractivity contribution >= 4 is 20.4 Å². The van der Waals surface area contributed by atoms with Crippen molar-refractivity contribution in [2.45, 2.75) is 84.2 Å². The van der Waals surface area contributed by atoms with Crippen molar-refractivity contribution in [1.82, 2.24) is 5.32 Å². The number of ether oxygens (including phenoxy) is 1. The first-order valence-corrected chi connectivity index (χ1v) is 12.1. The highest BCUT2D eigenvalue weighted by atomic mass is 28.4. The van der Waals surface area contributed by atoms with Crippen LogP contribution in [0.1, 0.15) is 54.4 Å². The van der Waals surface area contributed by atoms with Crippen LogP contribution in [0.5, 0.6) is 0 Å². The van der Waals surface area contributed by atoms with E-state index < -0.39 is 31.4 Å². The SMILES string of the molecule is CC(C)(C)OC(=O)N[C@@H]1C=C[C@](CCO[Si](C)(C)C(C)(C)C)(C(=O)O)C1. The molecule has 0 radical (unpaired) electrons. The lowest BCUT2D eigenvalue weighted by Crippen LogP contribution is -2.43. The Labute approximate surface area is 158 Å². The highest BCUT2D eigenvalue weighted by Gasteiger charge is 2.43. The van der Waals surface area contributed by atoms with Gasteiger partial charge in [-0.15, -0.1) is 0 Å². The Bertz CT molecular complexity index is 559. The van der Waals surface area contributed by atoms with Crippen molar-refractivity contribution in [1.29, 1.82) is 0 Å². The summed E-state index contributed by atoms with van der Waals surface area (Å²) in [5.74, 6) is -0.888. The van der Waals surface area contributed by atoms with E-state index in [1.54, 1.807) is 32.9 Å². The van der Waals surface area contributed by atoms with Crippen LogP contribution in [0.4, 0.5) is 4.79 Å². The zero-order chi connectivity index (χ0) is 20.4. The third-order valence-electron chi connectivity index (χ3n) is 5.18. The van der Waals surface area contributed by atoms with Crippen molar-refractivity contribution in [3.8, 4) is 0 Å². The van der Waals surface area contributed by atoms with E-state index in [0.29, 0.717) is 19.4 Å². The summed E-state index contributed by atoms with van der Waals surface area (Å²) in [5.41, 5.74) is -1.60. The van der Waals surface area contributed by atoms with E-state index in [2.05, 4.69) is 39.2 Å². The molecule has 1 amide bonds. The number of aliphatic carboxylic acids is 1. The lowest BCUT2D eigenvalue weighted by molar-refractivity contribution is -0.147. The molecule has 0 spiro atoms. The highest BCUT2D eigenvalue weighted by Crippen LogP contribution is 2.39. The molecule has 6 nitrogen and oxygen atoms in total. The Hall–Kier alpha value is -1.34. The van der Waals surface area contributed by atoms with E-state index in [9.17, 15) is 14.7 Å². The Morgan fingerprint density at radius 3 is 2.27 bits per heavy atom. The molecule has 0 aromatic heterocycles. The van der Waals surface area contributed by atoms with E-state index in [1.807, 2.05) is 0 Å². The number of alkyl carbamates (subject to hydrolysis) is 1. The molecule has 0 bridgehead atoms. The van der Waals surface area contributed by atoms with Crippen LogP contribution < -0.4 is 5.32 Å². The molecule has 150 valence electrons. The standard InChI is InChI=1S/C19H35NO5Si/c1-17(2,3)25-16(23)20-14-9-10-19(13-14,15(21)22)11-12-24-26(7,8)18(4,5)6/h9-10,14H,11-13H2,1-8H3,(H,20,23)(H,21,22)/t14-,19-/m1/s1. The Balaban J connectivity index is 2.66. The average molecular weight is 386 g/mol. The molecule has 2 atom stereocenters. The van der Waals surface area contributed by atoms with Crippen LogP contribution in [-0.4, -0.2) is 43.7 Å². The van der Waals surface area contributed by atoms with Gasteiger partial charge in [0, 0.05) is 6.61 Å².